The molecule has 1 heterocycles. The molecule has 2 N–H and O–H groups in total. The second kappa shape index (κ2) is 13.7. The zero-order chi connectivity index (χ0) is 28.4. The second-order valence-corrected chi connectivity index (χ2v) is 13.8. The van der Waals surface area contributed by atoms with Crippen LogP contribution in [0.2, 0.25) is 20.1 Å². The number of phenols is 1. The highest BCUT2D eigenvalue weighted by Gasteiger charge is 2.30. The number of rotatable bonds is 10. The first-order valence-corrected chi connectivity index (χ1v) is 16.2. The number of halogens is 5. The van der Waals surface area contributed by atoms with Crippen LogP contribution in [0.15, 0.2) is 58.3 Å². The van der Waals surface area contributed by atoms with E-state index in [0.717, 1.165) is 56.7 Å². The molecule has 218 valence electrons. The van der Waals surface area contributed by atoms with E-state index in [4.69, 9.17) is 50.6 Å². The van der Waals surface area contributed by atoms with E-state index in [1.807, 2.05) is 12.1 Å². The van der Waals surface area contributed by atoms with E-state index >= 15 is 0 Å². The highest BCUT2D eigenvalue weighted by atomic mass is 35.5. The Balaban J connectivity index is 0.00000441. The minimum Gasteiger partial charge on any atom is -0.505 e. The summed E-state index contributed by atoms with van der Waals surface area (Å²) in [5, 5.41) is 9.30. The maximum Gasteiger partial charge on any atom is 0.343 e. The molecule has 4 rings (SSSR count). The van der Waals surface area contributed by atoms with Gasteiger partial charge >= 0.3 is 10.1 Å². The maximum atomic E-state index is 13.2. The van der Waals surface area contributed by atoms with Crippen LogP contribution in [0, 0.1) is 0 Å². The zero-order valence-corrected chi connectivity index (χ0v) is 26.2. The minimum absolute atomic E-state index is 0. The van der Waals surface area contributed by atoms with Gasteiger partial charge in [0.1, 0.15) is 4.90 Å². The smallest absolute Gasteiger partial charge is 0.343 e. The number of hydrogen-bond donors (Lipinski definition) is 2. The van der Waals surface area contributed by atoms with Crippen molar-refractivity contribution in [3.05, 3.63) is 79.7 Å². The van der Waals surface area contributed by atoms with E-state index in [2.05, 4.69) is 21.8 Å². The molecule has 0 saturated carbocycles. The molecule has 0 aliphatic carbocycles. The number of fused-ring (bicyclic) bond motifs is 1. The quantitative estimate of drug-likeness (QED) is 0.189. The average molecular weight is 691 g/mol. The Labute approximate surface area is 259 Å². The van der Waals surface area contributed by atoms with Gasteiger partial charge in [0.2, 0.25) is 10.0 Å². The first-order valence-electron chi connectivity index (χ1n) is 11.8. The van der Waals surface area contributed by atoms with Crippen LogP contribution in [0.5, 0.6) is 11.5 Å². The third-order valence-corrected chi connectivity index (χ3v) is 9.83. The summed E-state index contributed by atoms with van der Waals surface area (Å²) in [6, 6.07) is 12.5. The molecular formula is C25H25Cl5N2O6S2. The van der Waals surface area contributed by atoms with Crippen LogP contribution in [0.25, 0.3) is 0 Å². The van der Waals surface area contributed by atoms with Gasteiger partial charge in [-0.25, -0.2) is 13.1 Å². The van der Waals surface area contributed by atoms with Gasteiger partial charge in [0.05, 0.1) is 10.0 Å². The van der Waals surface area contributed by atoms with Gasteiger partial charge < -0.3 is 9.29 Å². The summed E-state index contributed by atoms with van der Waals surface area (Å²) in [4.78, 5) is 0.980. The third kappa shape index (κ3) is 7.87. The number of benzene rings is 3. The van der Waals surface area contributed by atoms with Gasteiger partial charge in [0.25, 0.3) is 0 Å². The predicted octanol–water partition coefficient (Wildman–Crippen LogP) is 6.31. The lowest BCUT2D eigenvalue weighted by Gasteiger charge is -2.28. The van der Waals surface area contributed by atoms with E-state index in [-0.39, 0.29) is 39.0 Å². The molecule has 3 aromatic carbocycles. The molecule has 0 radical (unpaired) electrons. The number of aromatic hydroxyl groups is 1. The van der Waals surface area contributed by atoms with Crippen molar-refractivity contribution < 1.29 is 26.1 Å². The van der Waals surface area contributed by atoms with E-state index in [1.165, 1.54) is 11.1 Å². The van der Waals surface area contributed by atoms with Crippen molar-refractivity contribution in [3.63, 3.8) is 0 Å². The number of hydrogen-bond acceptors (Lipinski definition) is 7. The highest BCUT2D eigenvalue weighted by Crippen LogP contribution is 2.40. The van der Waals surface area contributed by atoms with Crippen molar-refractivity contribution in [2.45, 2.75) is 35.6 Å². The first kappa shape index (κ1) is 33.0. The maximum absolute atomic E-state index is 13.2. The Hall–Kier alpha value is -1.47. The molecule has 0 amide bonds. The van der Waals surface area contributed by atoms with Gasteiger partial charge in [-0.2, -0.15) is 8.42 Å². The van der Waals surface area contributed by atoms with E-state index in [0.29, 0.717) is 6.42 Å². The lowest BCUT2D eigenvalue weighted by molar-refractivity contribution is 0.249. The molecule has 0 fully saturated rings. The van der Waals surface area contributed by atoms with Gasteiger partial charge in [-0.3, -0.25) is 4.90 Å². The van der Waals surface area contributed by atoms with Crippen LogP contribution in [-0.4, -0.2) is 46.5 Å². The van der Waals surface area contributed by atoms with Crippen molar-refractivity contribution in [2.75, 3.05) is 19.6 Å². The van der Waals surface area contributed by atoms with Crippen molar-refractivity contribution in [1.82, 2.24) is 9.62 Å². The fourth-order valence-electron chi connectivity index (χ4n) is 4.19. The van der Waals surface area contributed by atoms with Gasteiger partial charge in [-0.05, 0) is 61.2 Å². The molecule has 15 heteroatoms. The standard InChI is InChI=1S/C25H24Cl4N2O6S2.ClH/c26-18-11-20(28)24(32)22(13-18)39(35,36)37-25-21(29)12-19(27)14-23(25)38(33,34)30-8-3-4-9-31-10-7-16-5-1-2-6-17(16)15-31;/h1-2,5-6,11-14,30,32H,3-4,7-10,15H2;1H. The van der Waals surface area contributed by atoms with Crippen LogP contribution >= 0.6 is 58.8 Å². The van der Waals surface area contributed by atoms with Gasteiger partial charge in [-0.1, -0.05) is 70.7 Å². The molecule has 40 heavy (non-hydrogen) atoms. The largest absolute Gasteiger partial charge is 0.505 e. The molecule has 0 bridgehead atoms. The molecule has 0 unspecified atom stereocenters. The predicted molar refractivity (Wildman–Crippen MR) is 159 cm³/mol. The number of nitrogens with zero attached hydrogens (tertiary/aromatic N) is 1. The van der Waals surface area contributed by atoms with Crippen LogP contribution in [0.4, 0.5) is 0 Å². The number of sulfonamides is 1. The molecule has 3 aromatic rings. The van der Waals surface area contributed by atoms with Crippen molar-refractivity contribution in [3.8, 4) is 11.5 Å². The Bertz CT molecular complexity index is 1600. The van der Waals surface area contributed by atoms with Crippen LogP contribution < -0.4 is 8.91 Å². The molecule has 0 aromatic heterocycles. The Morgan fingerprint density at radius 3 is 2.20 bits per heavy atom. The summed E-state index contributed by atoms with van der Waals surface area (Å²) in [5.74, 6) is -1.50. The highest BCUT2D eigenvalue weighted by molar-refractivity contribution is 7.90. The van der Waals surface area contributed by atoms with Gasteiger partial charge in [0.15, 0.2) is 16.4 Å². The summed E-state index contributed by atoms with van der Waals surface area (Å²) >= 11 is 23.9. The monoisotopic (exact) mass is 688 g/mol. The third-order valence-electron chi connectivity index (χ3n) is 6.12. The number of unbranched alkanes of at least 4 members (excludes halogenated alkanes) is 1. The topological polar surface area (TPSA) is 113 Å². The second-order valence-electron chi connectivity index (χ2n) is 8.89. The van der Waals surface area contributed by atoms with Crippen molar-refractivity contribution >= 4 is 79.0 Å². The summed E-state index contributed by atoms with van der Waals surface area (Å²) < 4.78 is 59.8. The Kier molecular flexibility index (Phi) is 11.3. The molecule has 0 atom stereocenters. The lowest BCUT2D eigenvalue weighted by Crippen LogP contribution is -2.32. The fraction of sp³-hybridized carbons (Fsp3) is 0.280. The van der Waals surface area contributed by atoms with Crippen molar-refractivity contribution in [1.29, 1.82) is 0 Å². The van der Waals surface area contributed by atoms with Gasteiger partial charge in [0, 0.05) is 29.7 Å². The summed E-state index contributed by atoms with van der Waals surface area (Å²) in [7, 11) is -9.11. The fourth-order valence-corrected chi connectivity index (χ4v) is 7.91. The molecule has 8 nitrogen and oxygen atoms in total. The molecule has 0 saturated heterocycles. The van der Waals surface area contributed by atoms with E-state index < -0.39 is 41.4 Å². The molecule has 1 aliphatic heterocycles. The summed E-state index contributed by atoms with van der Waals surface area (Å²) in [6.45, 7) is 2.68. The molecule has 0 spiro atoms. The number of phenolic OH excluding ortho intramolecular Hbond substituents is 1. The normalized spacial score (nSPS) is 13.9. The van der Waals surface area contributed by atoms with E-state index in [1.54, 1.807) is 0 Å². The molecule has 1 aliphatic rings. The van der Waals surface area contributed by atoms with E-state index in [9.17, 15) is 21.9 Å². The van der Waals surface area contributed by atoms with Crippen LogP contribution in [0.1, 0.15) is 24.0 Å². The van der Waals surface area contributed by atoms with Crippen molar-refractivity contribution in [2.24, 2.45) is 0 Å². The Morgan fingerprint density at radius 1 is 0.875 bits per heavy atom. The van der Waals surface area contributed by atoms with Gasteiger partial charge in [-0.15, -0.1) is 12.4 Å². The average Bonchev–Trinajstić information content (AvgIpc) is 2.87. The minimum atomic E-state index is -4.81. The number of nitrogens with one attached hydrogen (secondary N) is 1. The lowest BCUT2D eigenvalue weighted by atomic mass is 10.00. The first-order chi connectivity index (χ1) is 18.4. The molecular weight excluding hydrogens is 666 g/mol. The zero-order valence-electron chi connectivity index (χ0n) is 20.7. The van der Waals surface area contributed by atoms with Crippen LogP contribution in [-0.2, 0) is 33.1 Å². The Morgan fingerprint density at radius 2 is 1.50 bits per heavy atom. The SMILES string of the molecule is Cl.O=S(=O)(NCCCCN1CCc2ccccc2C1)c1cc(Cl)cc(Cl)c1OS(=O)(=O)c1cc(Cl)cc(Cl)c1O. The van der Waals surface area contributed by atoms with Crippen LogP contribution in [0.3, 0.4) is 0 Å². The summed E-state index contributed by atoms with van der Waals surface area (Å²) in [6.07, 6.45) is 2.26. The summed E-state index contributed by atoms with van der Waals surface area (Å²) in [5.41, 5.74) is 2.66.